The third-order valence-corrected chi connectivity index (χ3v) is 3.06. The van der Waals surface area contributed by atoms with E-state index in [0.29, 0.717) is 12.1 Å². The molecule has 2 aromatic carbocycles. The largest absolute Gasteiger partial charge is 0.508 e. The lowest BCUT2D eigenvalue weighted by atomic mass is 10.1. The first-order valence-electron chi connectivity index (χ1n) is 6.31. The summed E-state index contributed by atoms with van der Waals surface area (Å²) in [5.41, 5.74) is 2.14. The van der Waals surface area contributed by atoms with E-state index < -0.39 is 0 Å². The smallest absolute Gasteiger partial charge is 0.251 e. The second kappa shape index (κ2) is 6.10. The summed E-state index contributed by atoms with van der Waals surface area (Å²) >= 11 is 0. The molecule has 1 amide bonds. The Balaban J connectivity index is 2.02. The van der Waals surface area contributed by atoms with Crippen LogP contribution in [0.15, 0.2) is 42.5 Å². The molecule has 0 aliphatic heterocycles. The van der Waals surface area contributed by atoms with E-state index in [4.69, 9.17) is 4.74 Å². The fraction of sp³-hybridized carbons (Fsp3) is 0.188. The first-order valence-corrected chi connectivity index (χ1v) is 6.31. The van der Waals surface area contributed by atoms with Crippen LogP contribution in [-0.2, 0) is 6.54 Å². The molecular weight excluding hydrogens is 254 g/mol. The summed E-state index contributed by atoms with van der Waals surface area (Å²) in [7, 11) is 1.60. The first-order chi connectivity index (χ1) is 9.60. The van der Waals surface area contributed by atoms with Gasteiger partial charge in [-0.2, -0.15) is 0 Å². The first kappa shape index (κ1) is 13.9. The van der Waals surface area contributed by atoms with E-state index in [-0.39, 0.29) is 11.7 Å². The Kier molecular flexibility index (Phi) is 4.25. The van der Waals surface area contributed by atoms with Gasteiger partial charge in [-0.05, 0) is 42.3 Å². The van der Waals surface area contributed by atoms with Crippen LogP contribution in [-0.4, -0.2) is 18.1 Å². The Morgan fingerprint density at radius 3 is 2.75 bits per heavy atom. The van der Waals surface area contributed by atoms with Gasteiger partial charge in [0.1, 0.15) is 11.5 Å². The van der Waals surface area contributed by atoms with Crippen LogP contribution >= 0.6 is 0 Å². The van der Waals surface area contributed by atoms with Crippen molar-refractivity contribution in [3.63, 3.8) is 0 Å². The van der Waals surface area contributed by atoms with Crippen molar-refractivity contribution < 1.29 is 14.6 Å². The van der Waals surface area contributed by atoms with Crippen LogP contribution < -0.4 is 10.1 Å². The second-order valence-corrected chi connectivity index (χ2v) is 4.54. The summed E-state index contributed by atoms with van der Waals surface area (Å²) < 4.78 is 5.13. The lowest BCUT2D eigenvalue weighted by Crippen LogP contribution is -2.22. The van der Waals surface area contributed by atoms with Gasteiger partial charge in [0.25, 0.3) is 5.91 Å². The highest BCUT2D eigenvalue weighted by atomic mass is 16.5. The number of amides is 1. The number of aryl methyl sites for hydroxylation is 1. The molecule has 0 aromatic heterocycles. The Hall–Kier alpha value is -2.49. The van der Waals surface area contributed by atoms with Gasteiger partial charge in [-0.3, -0.25) is 4.79 Å². The molecular formula is C16H17NO3. The van der Waals surface area contributed by atoms with Gasteiger partial charge < -0.3 is 15.2 Å². The molecule has 0 aliphatic rings. The number of benzene rings is 2. The van der Waals surface area contributed by atoms with Crippen LogP contribution in [0.4, 0.5) is 0 Å². The molecule has 2 N–H and O–H groups in total. The molecule has 0 spiro atoms. The molecule has 0 radical (unpaired) electrons. The van der Waals surface area contributed by atoms with E-state index in [1.807, 2.05) is 24.3 Å². The van der Waals surface area contributed by atoms with Crippen molar-refractivity contribution in [3.8, 4) is 11.5 Å². The molecule has 2 rings (SSSR count). The van der Waals surface area contributed by atoms with E-state index in [1.54, 1.807) is 26.2 Å². The van der Waals surface area contributed by atoms with E-state index >= 15 is 0 Å². The van der Waals surface area contributed by atoms with Crippen molar-refractivity contribution in [2.75, 3.05) is 7.11 Å². The van der Waals surface area contributed by atoms with Crippen LogP contribution in [0.1, 0.15) is 21.5 Å². The number of phenolic OH excluding ortho intramolecular Hbond substituents is 1. The molecule has 4 nitrogen and oxygen atoms in total. The minimum Gasteiger partial charge on any atom is -0.508 e. The Morgan fingerprint density at radius 2 is 2.05 bits per heavy atom. The van der Waals surface area contributed by atoms with Crippen molar-refractivity contribution in [1.82, 2.24) is 5.32 Å². The van der Waals surface area contributed by atoms with Gasteiger partial charge in [-0.15, -0.1) is 0 Å². The maximum atomic E-state index is 12.0. The fourth-order valence-electron chi connectivity index (χ4n) is 1.82. The van der Waals surface area contributed by atoms with Gasteiger partial charge in [-0.1, -0.05) is 18.2 Å². The van der Waals surface area contributed by atoms with E-state index in [2.05, 4.69) is 5.32 Å². The van der Waals surface area contributed by atoms with Crippen LogP contribution in [0.5, 0.6) is 11.5 Å². The monoisotopic (exact) mass is 271 g/mol. The zero-order valence-corrected chi connectivity index (χ0v) is 11.5. The summed E-state index contributed by atoms with van der Waals surface area (Å²) in [5.74, 6) is 0.659. The predicted molar refractivity (Wildman–Crippen MR) is 77.0 cm³/mol. The lowest BCUT2D eigenvalue weighted by molar-refractivity contribution is 0.0950. The lowest BCUT2D eigenvalue weighted by Gasteiger charge is -2.08. The minimum absolute atomic E-state index is 0.124. The van der Waals surface area contributed by atoms with E-state index in [9.17, 15) is 9.90 Å². The molecule has 20 heavy (non-hydrogen) atoms. The molecule has 0 saturated heterocycles. The number of hydrogen-bond donors (Lipinski definition) is 2. The summed E-state index contributed by atoms with van der Waals surface area (Å²) in [4.78, 5) is 12.0. The van der Waals surface area contributed by atoms with Crippen LogP contribution in [0.2, 0.25) is 0 Å². The van der Waals surface area contributed by atoms with Crippen molar-refractivity contribution in [2.45, 2.75) is 13.5 Å². The molecule has 0 saturated carbocycles. The summed E-state index contributed by atoms with van der Waals surface area (Å²) in [6.45, 7) is 2.19. The highest BCUT2D eigenvalue weighted by molar-refractivity contribution is 5.94. The molecule has 104 valence electrons. The highest BCUT2D eigenvalue weighted by Crippen LogP contribution is 2.17. The van der Waals surface area contributed by atoms with E-state index in [1.165, 1.54) is 6.07 Å². The molecule has 0 atom stereocenters. The standard InChI is InChI=1S/C16H17NO3/c1-11-6-7-13(9-15(11)18)16(19)17-10-12-4-3-5-14(8-12)20-2/h3-9,18H,10H2,1-2H3,(H,17,19). The summed E-state index contributed by atoms with van der Waals surface area (Å²) in [6.07, 6.45) is 0. The number of carbonyl (C=O) groups excluding carboxylic acids is 1. The third-order valence-electron chi connectivity index (χ3n) is 3.06. The van der Waals surface area contributed by atoms with Gasteiger partial charge in [0.15, 0.2) is 0 Å². The minimum atomic E-state index is -0.219. The van der Waals surface area contributed by atoms with Crippen LogP contribution in [0, 0.1) is 6.92 Å². The van der Waals surface area contributed by atoms with Crippen molar-refractivity contribution in [3.05, 3.63) is 59.2 Å². The van der Waals surface area contributed by atoms with Crippen molar-refractivity contribution in [2.24, 2.45) is 0 Å². The van der Waals surface area contributed by atoms with Crippen molar-refractivity contribution >= 4 is 5.91 Å². The topological polar surface area (TPSA) is 58.6 Å². The number of hydrogen-bond acceptors (Lipinski definition) is 3. The Morgan fingerprint density at radius 1 is 1.25 bits per heavy atom. The summed E-state index contributed by atoms with van der Waals surface area (Å²) in [5, 5.41) is 12.4. The molecule has 4 heteroatoms. The predicted octanol–water partition coefficient (Wildman–Crippen LogP) is 2.64. The quantitative estimate of drug-likeness (QED) is 0.898. The van der Waals surface area contributed by atoms with Crippen molar-refractivity contribution in [1.29, 1.82) is 0 Å². The summed E-state index contributed by atoms with van der Waals surface area (Å²) in [6, 6.07) is 12.4. The maximum absolute atomic E-state index is 12.0. The molecule has 2 aromatic rings. The zero-order chi connectivity index (χ0) is 14.5. The average molecular weight is 271 g/mol. The number of methoxy groups -OCH3 is 1. The molecule has 0 unspecified atom stereocenters. The number of phenols is 1. The van der Waals surface area contributed by atoms with Gasteiger partial charge >= 0.3 is 0 Å². The molecule has 0 heterocycles. The van der Waals surface area contributed by atoms with Gasteiger partial charge in [0, 0.05) is 12.1 Å². The Labute approximate surface area is 118 Å². The van der Waals surface area contributed by atoms with Crippen LogP contribution in [0.3, 0.4) is 0 Å². The fourth-order valence-corrected chi connectivity index (χ4v) is 1.82. The zero-order valence-electron chi connectivity index (χ0n) is 11.5. The number of nitrogens with one attached hydrogen (secondary N) is 1. The number of carbonyl (C=O) groups is 1. The van der Waals surface area contributed by atoms with E-state index in [0.717, 1.165) is 16.9 Å². The number of rotatable bonds is 4. The molecule has 0 fully saturated rings. The third kappa shape index (κ3) is 3.29. The molecule has 0 aliphatic carbocycles. The SMILES string of the molecule is COc1cccc(CNC(=O)c2ccc(C)c(O)c2)c1. The average Bonchev–Trinajstić information content (AvgIpc) is 2.47. The highest BCUT2D eigenvalue weighted by Gasteiger charge is 2.07. The second-order valence-electron chi connectivity index (χ2n) is 4.54. The van der Waals surface area contributed by atoms with Gasteiger partial charge in [0.05, 0.1) is 7.11 Å². The van der Waals surface area contributed by atoms with Gasteiger partial charge in [0.2, 0.25) is 0 Å². The normalized spacial score (nSPS) is 10.1. The number of aromatic hydroxyl groups is 1. The molecule has 0 bridgehead atoms. The maximum Gasteiger partial charge on any atom is 0.251 e. The number of ether oxygens (including phenoxy) is 1. The Bertz CT molecular complexity index is 623. The van der Waals surface area contributed by atoms with Crippen LogP contribution in [0.25, 0.3) is 0 Å². The van der Waals surface area contributed by atoms with Gasteiger partial charge in [-0.25, -0.2) is 0 Å².